The number of rotatable bonds is 7. The van der Waals surface area contributed by atoms with Gasteiger partial charge in [-0.2, -0.15) is 4.58 Å². The van der Waals surface area contributed by atoms with Gasteiger partial charge in [-0.05, 0) is 50.2 Å². The monoisotopic (exact) mass is 398 g/mol. The lowest BCUT2D eigenvalue weighted by atomic mass is 9.75. The number of allylic oxidation sites excluding steroid dienone is 2. The summed E-state index contributed by atoms with van der Waals surface area (Å²) in [7, 11) is 2.24. The maximum absolute atomic E-state index is 6.43. The highest BCUT2D eigenvalue weighted by molar-refractivity contribution is 6.30. The van der Waals surface area contributed by atoms with Gasteiger partial charge >= 0.3 is 0 Å². The van der Waals surface area contributed by atoms with E-state index in [1.807, 2.05) is 6.07 Å². The first-order chi connectivity index (χ1) is 13.6. The lowest BCUT2D eigenvalue weighted by Crippen LogP contribution is -2.30. The summed E-state index contributed by atoms with van der Waals surface area (Å²) < 4.78 is 2.42. The molecule has 0 amide bonds. The Hall–Kier alpha value is -1.08. The van der Waals surface area contributed by atoms with Crippen molar-refractivity contribution in [2.45, 2.75) is 89.4 Å². The molecule has 152 valence electrons. The predicted molar refractivity (Wildman–Crippen MR) is 121 cm³/mol. The van der Waals surface area contributed by atoms with E-state index in [1.165, 1.54) is 94.0 Å². The summed E-state index contributed by atoms with van der Waals surface area (Å²) in [5, 5.41) is 0.866. The van der Waals surface area contributed by atoms with Crippen molar-refractivity contribution in [3.63, 3.8) is 0 Å². The number of hydrogen-bond donors (Lipinski definition) is 0. The number of fused-ring (bicyclic) bond motifs is 1. The summed E-state index contributed by atoms with van der Waals surface area (Å²) in [6.45, 7) is 2.45. The SMILES string of the molecule is C[N+]1=C(/C=C/C2CCCC2)C(C)(CCCCC2CCCC2)c2cc(Cl)ccc21. The van der Waals surface area contributed by atoms with Gasteiger partial charge in [-0.15, -0.1) is 0 Å². The van der Waals surface area contributed by atoms with Gasteiger partial charge in [0.15, 0.2) is 5.71 Å². The van der Waals surface area contributed by atoms with Crippen molar-refractivity contribution in [2.24, 2.45) is 11.8 Å². The van der Waals surface area contributed by atoms with E-state index in [4.69, 9.17) is 11.6 Å². The summed E-state index contributed by atoms with van der Waals surface area (Å²) in [6.07, 6.45) is 21.7. The van der Waals surface area contributed by atoms with Crippen LogP contribution >= 0.6 is 11.6 Å². The zero-order chi connectivity index (χ0) is 19.6. The molecule has 28 heavy (non-hydrogen) atoms. The number of unbranched alkanes of at least 4 members (excludes halogenated alkanes) is 1. The van der Waals surface area contributed by atoms with Crippen molar-refractivity contribution in [2.75, 3.05) is 7.05 Å². The molecule has 2 aliphatic carbocycles. The first-order valence-electron chi connectivity index (χ1n) is 11.7. The quantitative estimate of drug-likeness (QED) is 0.325. The maximum atomic E-state index is 6.43. The number of hydrogen-bond acceptors (Lipinski definition) is 0. The fourth-order valence-corrected chi connectivity index (χ4v) is 6.20. The van der Waals surface area contributed by atoms with Gasteiger partial charge in [-0.3, -0.25) is 0 Å². The van der Waals surface area contributed by atoms with E-state index in [-0.39, 0.29) is 5.41 Å². The van der Waals surface area contributed by atoms with Crippen LogP contribution in [-0.2, 0) is 5.41 Å². The van der Waals surface area contributed by atoms with E-state index < -0.39 is 0 Å². The molecule has 2 saturated carbocycles. The van der Waals surface area contributed by atoms with Crippen molar-refractivity contribution in [3.05, 3.63) is 40.9 Å². The van der Waals surface area contributed by atoms with Crippen molar-refractivity contribution in [1.82, 2.24) is 0 Å². The van der Waals surface area contributed by atoms with E-state index >= 15 is 0 Å². The van der Waals surface area contributed by atoms with Crippen LogP contribution in [0.25, 0.3) is 0 Å². The molecule has 0 bridgehead atoms. The number of benzene rings is 1. The molecular formula is C26H37ClN+. The molecule has 0 spiro atoms. The van der Waals surface area contributed by atoms with Crippen molar-refractivity contribution in [3.8, 4) is 0 Å². The van der Waals surface area contributed by atoms with Crippen molar-refractivity contribution < 1.29 is 4.58 Å². The smallest absolute Gasteiger partial charge is 0.198 e. The molecule has 1 unspecified atom stereocenters. The van der Waals surface area contributed by atoms with Gasteiger partial charge in [0.1, 0.15) is 7.05 Å². The molecule has 3 aliphatic rings. The Morgan fingerprint density at radius 3 is 2.54 bits per heavy atom. The second kappa shape index (κ2) is 8.74. The minimum absolute atomic E-state index is 0.0831. The van der Waals surface area contributed by atoms with Gasteiger partial charge in [-0.1, -0.05) is 75.5 Å². The van der Waals surface area contributed by atoms with Crippen LogP contribution < -0.4 is 0 Å². The highest BCUT2D eigenvalue weighted by Crippen LogP contribution is 2.44. The van der Waals surface area contributed by atoms with Crippen LogP contribution in [0.1, 0.15) is 89.5 Å². The fourth-order valence-electron chi connectivity index (χ4n) is 6.03. The zero-order valence-corrected chi connectivity index (χ0v) is 18.6. The Labute approximate surface area is 176 Å². The van der Waals surface area contributed by atoms with Crippen LogP contribution in [0.4, 0.5) is 5.69 Å². The molecule has 0 N–H and O–H groups in total. The van der Waals surface area contributed by atoms with Gasteiger partial charge < -0.3 is 0 Å². The summed E-state index contributed by atoms with van der Waals surface area (Å²) in [5.41, 5.74) is 4.32. The van der Waals surface area contributed by atoms with E-state index in [2.05, 4.69) is 42.8 Å². The third-order valence-electron chi connectivity index (χ3n) is 7.78. The van der Waals surface area contributed by atoms with Crippen LogP contribution in [0.3, 0.4) is 0 Å². The van der Waals surface area contributed by atoms with E-state index in [0.29, 0.717) is 0 Å². The molecule has 1 atom stereocenters. The average molecular weight is 399 g/mol. The van der Waals surface area contributed by atoms with Crippen LogP contribution in [0, 0.1) is 11.8 Å². The van der Waals surface area contributed by atoms with E-state index in [1.54, 1.807) is 0 Å². The fraction of sp³-hybridized carbons (Fsp3) is 0.654. The Morgan fingerprint density at radius 2 is 1.79 bits per heavy atom. The Bertz CT molecular complexity index is 750. The maximum Gasteiger partial charge on any atom is 0.209 e. The molecule has 0 radical (unpaired) electrons. The Morgan fingerprint density at radius 1 is 1.07 bits per heavy atom. The third kappa shape index (κ3) is 4.11. The zero-order valence-electron chi connectivity index (χ0n) is 17.9. The summed E-state index contributed by atoms with van der Waals surface area (Å²) >= 11 is 6.43. The summed E-state index contributed by atoms with van der Waals surface area (Å²) in [4.78, 5) is 0. The average Bonchev–Trinajstić information content (AvgIpc) is 3.41. The number of halogens is 1. The molecule has 0 aromatic heterocycles. The lowest BCUT2D eigenvalue weighted by Gasteiger charge is -2.23. The molecule has 0 saturated heterocycles. The molecular weight excluding hydrogens is 362 g/mol. The second-order valence-electron chi connectivity index (χ2n) is 9.74. The molecule has 2 heteroatoms. The predicted octanol–water partition coefficient (Wildman–Crippen LogP) is 7.82. The van der Waals surface area contributed by atoms with Crippen LogP contribution in [0.2, 0.25) is 5.02 Å². The van der Waals surface area contributed by atoms with Crippen LogP contribution in [0.5, 0.6) is 0 Å². The Kier molecular flexibility index (Phi) is 6.30. The van der Waals surface area contributed by atoms with E-state index in [9.17, 15) is 0 Å². The third-order valence-corrected chi connectivity index (χ3v) is 8.02. The summed E-state index contributed by atoms with van der Waals surface area (Å²) in [5.74, 6) is 1.78. The topological polar surface area (TPSA) is 3.01 Å². The molecule has 4 rings (SSSR count). The van der Waals surface area contributed by atoms with Crippen LogP contribution in [-0.4, -0.2) is 17.3 Å². The molecule has 1 nitrogen and oxygen atoms in total. The highest BCUT2D eigenvalue weighted by Gasteiger charge is 2.46. The largest absolute Gasteiger partial charge is 0.209 e. The molecule has 2 fully saturated rings. The lowest BCUT2D eigenvalue weighted by molar-refractivity contribution is -0.401. The summed E-state index contributed by atoms with van der Waals surface area (Å²) in [6, 6.07) is 6.48. The van der Waals surface area contributed by atoms with Crippen LogP contribution in [0.15, 0.2) is 30.4 Å². The second-order valence-corrected chi connectivity index (χ2v) is 10.2. The van der Waals surface area contributed by atoms with Gasteiger partial charge in [0.2, 0.25) is 5.69 Å². The highest BCUT2D eigenvalue weighted by atomic mass is 35.5. The minimum Gasteiger partial charge on any atom is -0.198 e. The minimum atomic E-state index is 0.0831. The van der Waals surface area contributed by atoms with Crippen molar-refractivity contribution >= 4 is 23.0 Å². The van der Waals surface area contributed by atoms with Gasteiger partial charge in [-0.25, -0.2) is 0 Å². The molecule has 1 heterocycles. The molecule has 1 aliphatic heterocycles. The van der Waals surface area contributed by atoms with Gasteiger partial charge in [0, 0.05) is 22.7 Å². The standard InChI is InChI=1S/C26H37ClN/c1-26(18-8-7-13-20-9-3-4-10-20)23-19-22(27)15-16-24(23)28(2)25(26)17-14-21-11-5-6-12-21/h14-17,19-21H,3-13,18H2,1-2H3/q+1/b17-14+. The first-order valence-corrected chi connectivity index (χ1v) is 12.0. The molecule has 1 aromatic carbocycles. The van der Waals surface area contributed by atoms with Crippen molar-refractivity contribution in [1.29, 1.82) is 0 Å². The van der Waals surface area contributed by atoms with E-state index in [0.717, 1.165) is 16.9 Å². The number of nitrogens with zero attached hydrogens (tertiary/aromatic N) is 1. The first kappa shape index (κ1) is 20.2. The van der Waals surface area contributed by atoms with Gasteiger partial charge in [0.25, 0.3) is 0 Å². The normalized spacial score (nSPS) is 26.1. The van der Waals surface area contributed by atoms with Gasteiger partial charge in [0.05, 0.1) is 5.41 Å². The molecule has 1 aromatic rings. The Balaban J connectivity index is 1.52.